The first-order valence-corrected chi connectivity index (χ1v) is 9.82. The first-order chi connectivity index (χ1) is 15.0. The van der Waals surface area contributed by atoms with Crippen molar-refractivity contribution in [2.75, 3.05) is 28.3 Å². The number of carbonyl (C=O) groups excluding carboxylic acids is 1. The van der Waals surface area contributed by atoms with Gasteiger partial charge in [0.25, 0.3) is 0 Å². The maximum Gasteiger partial charge on any atom is 0.341 e. The molecule has 0 saturated carbocycles. The Balaban J connectivity index is 1.64. The fraction of sp³-hybridized carbons (Fsp3) is 0.261. The standard InChI is InChI=1S/C23H27N5O3/c1-24-23(26-13-16-10-11-20(30-3)18(12-16)22(29)31-4)28(2)15-21-25-14-19(27-21)17-8-6-5-7-9-17/h5-12,14H,13,15H2,1-4H3,(H,24,26)(H,25,27). The minimum Gasteiger partial charge on any atom is -0.496 e. The number of nitrogens with zero attached hydrogens (tertiary/aromatic N) is 3. The van der Waals surface area contributed by atoms with Crippen LogP contribution in [0.4, 0.5) is 0 Å². The highest BCUT2D eigenvalue weighted by atomic mass is 16.5. The van der Waals surface area contributed by atoms with E-state index in [1.165, 1.54) is 14.2 Å². The second-order valence-corrected chi connectivity index (χ2v) is 6.89. The van der Waals surface area contributed by atoms with Gasteiger partial charge in [-0.3, -0.25) is 4.99 Å². The molecule has 0 amide bonds. The van der Waals surface area contributed by atoms with Crippen LogP contribution >= 0.6 is 0 Å². The van der Waals surface area contributed by atoms with Gasteiger partial charge in [-0.2, -0.15) is 0 Å². The van der Waals surface area contributed by atoms with Crippen molar-refractivity contribution >= 4 is 11.9 Å². The summed E-state index contributed by atoms with van der Waals surface area (Å²) in [5.41, 5.74) is 3.35. The highest BCUT2D eigenvalue weighted by molar-refractivity contribution is 5.92. The van der Waals surface area contributed by atoms with E-state index in [9.17, 15) is 4.79 Å². The molecule has 0 aliphatic carbocycles. The number of imidazole rings is 1. The van der Waals surface area contributed by atoms with Gasteiger partial charge in [0, 0.05) is 20.6 Å². The van der Waals surface area contributed by atoms with Crippen LogP contribution in [0.2, 0.25) is 0 Å². The van der Waals surface area contributed by atoms with E-state index in [0.29, 0.717) is 30.4 Å². The Morgan fingerprint density at radius 3 is 2.65 bits per heavy atom. The largest absolute Gasteiger partial charge is 0.496 e. The molecule has 2 N–H and O–H groups in total. The van der Waals surface area contributed by atoms with E-state index in [0.717, 1.165) is 22.6 Å². The average molecular weight is 422 g/mol. The summed E-state index contributed by atoms with van der Waals surface area (Å²) in [4.78, 5) is 26.1. The van der Waals surface area contributed by atoms with Gasteiger partial charge in [0.15, 0.2) is 5.96 Å². The molecule has 8 heteroatoms. The van der Waals surface area contributed by atoms with E-state index in [2.05, 4.69) is 20.3 Å². The van der Waals surface area contributed by atoms with Crippen LogP contribution in [0.15, 0.2) is 59.7 Å². The number of rotatable bonds is 7. The molecule has 2 aromatic carbocycles. The Labute approximate surface area is 181 Å². The van der Waals surface area contributed by atoms with Gasteiger partial charge in [-0.1, -0.05) is 36.4 Å². The molecule has 8 nitrogen and oxygen atoms in total. The minimum atomic E-state index is -0.438. The summed E-state index contributed by atoms with van der Waals surface area (Å²) < 4.78 is 10.1. The predicted octanol–water partition coefficient (Wildman–Crippen LogP) is 3.08. The SMILES string of the molecule is CN=C(NCc1ccc(OC)c(C(=O)OC)c1)N(C)Cc1ncc(-c2ccccc2)[nH]1. The number of hydrogen-bond acceptors (Lipinski definition) is 5. The van der Waals surface area contributed by atoms with Gasteiger partial charge in [-0.25, -0.2) is 9.78 Å². The predicted molar refractivity (Wildman–Crippen MR) is 120 cm³/mol. The van der Waals surface area contributed by atoms with Crippen molar-refractivity contribution in [3.63, 3.8) is 0 Å². The summed E-state index contributed by atoms with van der Waals surface area (Å²) in [7, 11) is 6.54. The van der Waals surface area contributed by atoms with E-state index in [1.807, 2.05) is 54.5 Å². The molecule has 162 valence electrons. The molecule has 3 aromatic rings. The molecule has 1 heterocycles. The summed E-state index contributed by atoms with van der Waals surface area (Å²) in [6.07, 6.45) is 1.83. The summed E-state index contributed by atoms with van der Waals surface area (Å²) >= 11 is 0. The lowest BCUT2D eigenvalue weighted by Crippen LogP contribution is -2.38. The van der Waals surface area contributed by atoms with Gasteiger partial charge in [0.2, 0.25) is 0 Å². The molecule has 0 aliphatic rings. The van der Waals surface area contributed by atoms with Crippen molar-refractivity contribution in [2.24, 2.45) is 4.99 Å². The van der Waals surface area contributed by atoms with Crippen molar-refractivity contribution in [1.82, 2.24) is 20.2 Å². The third-order valence-corrected chi connectivity index (χ3v) is 4.79. The number of benzene rings is 2. The van der Waals surface area contributed by atoms with Crippen LogP contribution in [0.5, 0.6) is 5.75 Å². The molecule has 0 radical (unpaired) electrons. The van der Waals surface area contributed by atoms with E-state index >= 15 is 0 Å². The van der Waals surface area contributed by atoms with Crippen LogP contribution in [0, 0.1) is 0 Å². The Kier molecular flexibility index (Phi) is 7.26. The molecule has 0 unspecified atom stereocenters. The van der Waals surface area contributed by atoms with Crippen molar-refractivity contribution < 1.29 is 14.3 Å². The lowest BCUT2D eigenvalue weighted by molar-refractivity contribution is 0.0597. The molecular formula is C23H27N5O3. The lowest BCUT2D eigenvalue weighted by Gasteiger charge is -2.21. The van der Waals surface area contributed by atoms with Gasteiger partial charge in [0.1, 0.15) is 17.1 Å². The maximum absolute atomic E-state index is 12.0. The van der Waals surface area contributed by atoms with Crippen LogP contribution in [0.25, 0.3) is 11.3 Å². The van der Waals surface area contributed by atoms with Crippen LogP contribution in [0.1, 0.15) is 21.7 Å². The zero-order valence-corrected chi connectivity index (χ0v) is 18.2. The Hall–Kier alpha value is -3.81. The highest BCUT2D eigenvalue weighted by Crippen LogP contribution is 2.21. The molecule has 3 rings (SSSR count). The smallest absolute Gasteiger partial charge is 0.341 e. The number of methoxy groups -OCH3 is 2. The van der Waals surface area contributed by atoms with E-state index in [1.54, 1.807) is 19.2 Å². The number of esters is 1. The van der Waals surface area contributed by atoms with Crippen LogP contribution in [0.3, 0.4) is 0 Å². The van der Waals surface area contributed by atoms with Gasteiger partial charge in [-0.05, 0) is 23.3 Å². The summed E-state index contributed by atoms with van der Waals surface area (Å²) in [6.45, 7) is 1.04. The van der Waals surface area contributed by atoms with Crippen LogP contribution < -0.4 is 10.1 Å². The number of aromatic nitrogens is 2. The quantitative estimate of drug-likeness (QED) is 0.346. The number of ether oxygens (including phenoxy) is 2. The molecule has 0 saturated heterocycles. The second-order valence-electron chi connectivity index (χ2n) is 6.89. The van der Waals surface area contributed by atoms with Crippen LogP contribution in [-0.2, 0) is 17.8 Å². The van der Waals surface area contributed by atoms with E-state index in [4.69, 9.17) is 9.47 Å². The first kappa shape index (κ1) is 21.9. The zero-order chi connectivity index (χ0) is 22.2. The fourth-order valence-electron chi connectivity index (χ4n) is 3.21. The second kappa shape index (κ2) is 10.3. The zero-order valence-electron chi connectivity index (χ0n) is 18.2. The Bertz CT molecular complexity index is 1050. The van der Waals surface area contributed by atoms with Gasteiger partial charge >= 0.3 is 5.97 Å². The Morgan fingerprint density at radius 1 is 1.19 bits per heavy atom. The third kappa shape index (κ3) is 5.42. The van der Waals surface area contributed by atoms with Crippen molar-refractivity contribution in [2.45, 2.75) is 13.1 Å². The van der Waals surface area contributed by atoms with E-state index < -0.39 is 5.97 Å². The molecule has 0 aliphatic heterocycles. The third-order valence-electron chi connectivity index (χ3n) is 4.79. The topological polar surface area (TPSA) is 91.8 Å². The Morgan fingerprint density at radius 2 is 1.97 bits per heavy atom. The number of guanidine groups is 1. The summed E-state index contributed by atoms with van der Waals surface area (Å²) in [5.74, 6) is 1.58. The summed E-state index contributed by atoms with van der Waals surface area (Å²) in [5, 5.41) is 3.31. The number of aliphatic imine (C=N–C) groups is 1. The molecule has 0 bridgehead atoms. The normalized spacial score (nSPS) is 11.2. The fourth-order valence-corrected chi connectivity index (χ4v) is 3.21. The molecule has 31 heavy (non-hydrogen) atoms. The average Bonchev–Trinajstić information content (AvgIpc) is 3.27. The number of nitrogens with one attached hydrogen (secondary N) is 2. The first-order valence-electron chi connectivity index (χ1n) is 9.82. The lowest BCUT2D eigenvalue weighted by atomic mass is 10.1. The minimum absolute atomic E-state index is 0.386. The molecule has 0 atom stereocenters. The molecule has 0 fully saturated rings. The molecule has 0 spiro atoms. The number of H-pyrrole nitrogens is 1. The monoisotopic (exact) mass is 421 g/mol. The van der Waals surface area contributed by atoms with E-state index in [-0.39, 0.29) is 0 Å². The molecule has 1 aromatic heterocycles. The van der Waals surface area contributed by atoms with Crippen molar-refractivity contribution in [1.29, 1.82) is 0 Å². The number of hydrogen-bond donors (Lipinski definition) is 2. The number of aromatic amines is 1. The maximum atomic E-state index is 12.0. The highest BCUT2D eigenvalue weighted by Gasteiger charge is 2.14. The summed E-state index contributed by atoms with van der Waals surface area (Å²) in [6, 6.07) is 15.5. The van der Waals surface area contributed by atoms with Crippen LogP contribution in [-0.4, -0.2) is 55.1 Å². The van der Waals surface area contributed by atoms with Crippen molar-refractivity contribution in [3.8, 4) is 17.0 Å². The molecular weight excluding hydrogens is 394 g/mol. The van der Waals surface area contributed by atoms with Gasteiger partial charge in [-0.15, -0.1) is 0 Å². The van der Waals surface area contributed by atoms with Gasteiger partial charge < -0.3 is 24.7 Å². The number of carbonyl (C=O) groups is 1. The van der Waals surface area contributed by atoms with Gasteiger partial charge in [0.05, 0.1) is 32.7 Å². The van der Waals surface area contributed by atoms with Crippen molar-refractivity contribution in [3.05, 3.63) is 71.7 Å².